The topological polar surface area (TPSA) is 51.8 Å². The molecule has 1 heterocycles. The lowest BCUT2D eigenvalue weighted by Gasteiger charge is -2.24. The minimum atomic E-state index is 0.222. The highest BCUT2D eigenvalue weighted by atomic mass is 14.7. The van der Waals surface area contributed by atoms with E-state index < -0.39 is 0 Å². The minimum Gasteiger partial charge on any atom is -0.324 e. The fraction of sp³-hybridized carbons (Fsp3) is 0.182. The molecule has 1 aromatic heterocycles. The molecule has 1 unspecified atom stereocenters. The Morgan fingerprint density at radius 3 is 2.24 bits per heavy atom. The molecule has 0 saturated carbocycles. The number of benzene rings is 3. The highest BCUT2D eigenvalue weighted by Gasteiger charge is 2.18. The number of fused-ring (bicyclic) bond motifs is 5. The molecule has 0 fully saturated rings. The van der Waals surface area contributed by atoms with E-state index in [1.165, 1.54) is 45.5 Å². The molecule has 1 aliphatic carbocycles. The first kappa shape index (κ1) is 15.7. The van der Waals surface area contributed by atoms with Gasteiger partial charge >= 0.3 is 0 Å². The first-order valence-electron chi connectivity index (χ1n) is 8.73. The fourth-order valence-electron chi connectivity index (χ4n) is 3.70. The molecular formula is C22H21N3. The van der Waals surface area contributed by atoms with Gasteiger partial charge in [0.2, 0.25) is 0 Å². The van der Waals surface area contributed by atoms with E-state index in [1.807, 2.05) is 0 Å². The molecule has 3 nitrogen and oxygen atoms in total. The zero-order valence-corrected chi connectivity index (χ0v) is 14.1. The molecule has 0 saturated heterocycles. The summed E-state index contributed by atoms with van der Waals surface area (Å²) in [5.74, 6) is 0. The van der Waals surface area contributed by atoms with Crippen LogP contribution in [-0.4, -0.2) is 9.97 Å². The molecule has 0 amide bonds. The van der Waals surface area contributed by atoms with E-state index in [9.17, 15) is 0 Å². The Morgan fingerprint density at radius 2 is 1.48 bits per heavy atom. The summed E-state index contributed by atoms with van der Waals surface area (Å²) in [6.07, 6.45) is 10.0. The van der Waals surface area contributed by atoms with Crippen LogP contribution in [0.15, 0.2) is 73.3 Å². The van der Waals surface area contributed by atoms with E-state index in [-0.39, 0.29) is 6.04 Å². The Labute approximate surface area is 147 Å². The third-order valence-corrected chi connectivity index (χ3v) is 4.89. The van der Waals surface area contributed by atoms with Crippen molar-refractivity contribution in [2.24, 2.45) is 5.73 Å². The summed E-state index contributed by atoms with van der Waals surface area (Å²) < 4.78 is 0. The van der Waals surface area contributed by atoms with Gasteiger partial charge in [0, 0.05) is 30.8 Å². The lowest BCUT2D eigenvalue weighted by Crippen LogP contribution is -2.17. The second kappa shape index (κ2) is 6.99. The van der Waals surface area contributed by atoms with Crippen molar-refractivity contribution in [2.75, 3.05) is 0 Å². The maximum Gasteiger partial charge on any atom is 0.0451 e. The molecule has 25 heavy (non-hydrogen) atoms. The van der Waals surface area contributed by atoms with E-state index in [4.69, 9.17) is 5.73 Å². The van der Waals surface area contributed by atoms with E-state index in [0.717, 1.165) is 6.42 Å². The first-order chi connectivity index (χ1) is 12.3. The smallest absolute Gasteiger partial charge is 0.0451 e. The summed E-state index contributed by atoms with van der Waals surface area (Å²) >= 11 is 0. The van der Waals surface area contributed by atoms with Gasteiger partial charge in [-0.3, -0.25) is 9.97 Å². The summed E-state index contributed by atoms with van der Waals surface area (Å²) in [6, 6.07) is 17.8. The van der Waals surface area contributed by atoms with Crippen LogP contribution in [-0.2, 0) is 6.42 Å². The highest BCUT2D eigenvalue weighted by molar-refractivity contribution is 6.08. The van der Waals surface area contributed by atoms with Crippen LogP contribution in [0.4, 0.5) is 0 Å². The monoisotopic (exact) mass is 327 g/mol. The van der Waals surface area contributed by atoms with Crippen molar-refractivity contribution in [1.82, 2.24) is 9.97 Å². The van der Waals surface area contributed by atoms with Gasteiger partial charge in [-0.25, -0.2) is 0 Å². The van der Waals surface area contributed by atoms with Crippen LogP contribution in [0.5, 0.6) is 0 Å². The number of rotatable bonds is 0. The van der Waals surface area contributed by atoms with Crippen molar-refractivity contribution in [1.29, 1.82) is 0 Å². The standard InChI is InChI=1S/C18H17N.C4H4N2/c19-18-7-3-6-14-16-9-8-12-4-1-2-5-13(12)15(16)10-11-17(14)18;1-2-6-4-3-5-1/h1-2,4-5,8-11,18H,3,6-7,19H2;1-4H. The van der Waals surface area contributed by atoms with Crippen molar-refractivity contribution in [3.05, 3.63) is 84.4 Å². The molecule has 4 aromatic rings. The molecule has 3 aromatic carbocycles. The van der Waals surface area contributed by atoms with Gasteiger partial charge in [-0.05, 0) is 51.9 Å². The molecule has 0 bridgehead atoms. The van der Waals surface area contributed by atoms with Crippen LogP contribution in [0, 0.1) is 0 Å². The quantitative estimate of drug-likeness (QED) is 0.472. The van der Waals surface area contributed by atoms with Crippen LogP contribution >= 0.6 is 0 Å². The van der Waals surface area contributed by atoms with E-state index >= 15 is 0 Å². The summed E-state index contributed by atoms with van der Waals surface area (Å²) in [6.45, 7) is 0. The molecule has 1 atom stereocenters. The molecule has 0 spiro atoms. The third kappa shape index (κ3) is 3.11. The predicted molar refractivity (Wildman–Crippen MR) is 103 cm³/mol. The number of hydrogen-bond donors (Lipinski definition) is 1. The van der Waals surface area contributed by atoms with Crippen LogP contribution in [0.3, 0.4) is 0 Å². The average molecular weight is 327 g/mol. The molecule has 5 rings (SSSR count). The van der Waals surface area contributed by atoms with Crippen LogP contribution in [0.1, 0.15) is 30.0 Å². The zero-order valence-electron chi connectivity index (χ0n) is 14.1. The van der Waals surface area contributed by atoms with Crippen molar-refractivity contribution in [2.45, 2.75) is 25.3 Å². The predicted octanol–water partition coefficient (Wildman–Crippen LogP) is 4.81. The summed E-state index contributed by atoms with van der Waals surface area (Å²) in [4.78, 5) is 7.44. The highest BCUT2D eigenvalue weighted by Crippen LogP contribution is 2.36. The average Bonchev–Trinajstić information content (AvgIpc) is 2.69. The Bertz CT molecular complexity index is 969. The van der Waals surface area contributed by atoms with Gasteiger partial charge in [0.05, 0.1) is 0 Å². The molecule has 3 heteroatoms. The molecule has 1 aliphatic rings. The van der Waals surface area contributed by atoms with Crippen LogP contribution in [0.25, 0.3) is 21.5 Å². The first-order valence-corrected chi connectivity index (χ1v) is 8.73. The number of aryl methyl sites for hydroxylation is 1. The van der Waals surface area contributed by atoms with Gasteiger partial charge in [-0.1, -0.05) is 48.5 Å². The van der Waals surface area contributed by atoms with Gasteiger partial charge in [0.1, 0.15) is 0 Å². The SMILES string of the molecule is NC1CCCc2c1ccc1c2ccc2ccccc21.c1cnccn1. The van der Waals surface area contributed by atoms with Gasteiger partial charge in [-0.15, -0.1) is 0 Å². The van der Waals surface area contributed by atoms with E-state index in [2.05, 4.69) is 58.5 Å². The Morgan fingerprint density at radius 1 is 0.760 bits per heavy atom. The van der Waals surface area contributed by atoms with Crippen molar-refractivity contribution < 1.29 is 0 Å². The fourth-order valence-corrected chi connectivity index (χ4v) is 3.70. The summed E-state index contributed by atoms with van der Waals surface area (Å²) in [7, 11) is 0. The van der Waals surface area contributed by atoms with E-state index in [1.54, 1.807) is 24.8 Å². The number of nitrogens with zero attached hydrogens (tertiary/aromatic N) is 2. The maximum atomic E-state index is 6.25. The lowest BCUT2D eigenvalue weighted by atomic mass is 9.84. The van der Waals surface area contributed by atoms with E-state index in [0.29, 0.717) is 0 Å². The van der Waals surface area contributed by atoms with Gasteiger partial charge < -0.3 is 5.73 Å². The van der Waals surface area contributed by atoms with Gasteiger partial charge in [0.25, 0.3) is 0 Å². The normalized spacial score (nSPS) is 16.1. The maximum absolute atomic E-state index is 6.25. The van der Waals surface area contributed by atoms with Crippen LogP contribution < -0.4 is 5.73 Å². The van der Waals surface area contributed by atoms with Crippen molar-refractivity contribution >= 4 is 21.5 Å². The molecule has 124 valence electrons. The molecule has 0 radical (unpaired) electrons. The Balaban J connectivity index is 0.000000223. The number of aromatic nitrogens is 2. The largest absolute Gasteiger partial charge is 0.324 e. The Hall–Kier alpha value is -2.78. The molecule has 2 N–H and O–H groups in total. The van der Waals surface area contributed by atoms with Crippen molar-refractivity contribution in [3.63, 3.8) is 0 Å². The third-order valence-electron chi connectivity index (χ3n) is 4.89. The number of nitrogens with two attached hydrogens (primary N) is 1. The van der Waals surface area contributed by atoms with Gasteiger partial charge in [0.15, 0.2) is 0 Å². The lowest BCUT2D eigenvalue weighted by molar-refractivity contribution is 0.573. The second-order valence-corrected chi connectivity index (χ2v) is 6.41. The summed E-state index contributed by atoms with van der Waals surface area (Å²) in [5, 5.41) is 5.43. The van der Waals surface area contributed by atoms with Crippen molar-refractivity contribution in [3.8, 4) is 0 Å². The zero-order chi connectivity index (χ0) is 17.1. The summed E-state index contributed by atoms with van der Waals surface area (Å²) in [5.41, 5.74) is 9.08. The van der Waals surface area contributed by atoms with Crippen LogP contribution in [0.2, 0.25) is 0 Å². The minimum absolute atomic E-state index is 0.222. The number of hydrogen-bond acceptors (Lipinski definition) is 3. The molecular weight excluding hydrogens is 306 g/mol. The van der Waals surface area contributed by atoms with Gasteiger partial charge in [-0.2, -0.15) is 0 Å². The Kier molecular flexibility index (Phi) is 4.40. The second-order valence-electron chi connectivity index (χ2n) is 6.41. The molecule has 0 aliphatic heterocycles.